The lowest BCUT2D eigenvalue weighted by atomic mass is 10.2. The minimum absolute atomic E-state index is 0.0504. The Labute approximate surface area is 180 Å². The number of carbonyl (C=O) groups is 3. The van der Waals surface area contributed by atoms with Gasteiger partial charge in [-0.3, -0.25) is 14.4 Å². The number of nitrogens with zero attached hydrogens (tertiary/aromatic N) is 1. The molecular formula is C22H26N4O5. The van der Waals surface area contributed by atoms with E-state index < -0.39 is 11.8 Å². The van der Waals surface area contributed by atoms with Gasteiger partial charge in [-0.05, 0) is 61.4 Å². The van der Waals surface area contributed by atoms with Crippen molar-refractivity contribution in [2.75, 3.05) is 13.7 Å². The lowest BCUT2D eigenvalue weighted by Crippen LogP contribution is -2.37. The second-order valence-electron chi connectivity index (χ2n) is 6.81. The van der Waals surface area contributed by atoms with Crippen molar-refractivity contribution >= 4 is 23.9 Å². The number of hydrogen-bond donors (Lipinski definition) is 3. The van der Waals surface area contributed by atoms with Crippen LogP contribution in [-0.4, -0.2) is 43.7 Å². The predicted octanol–water partition coefficient (Wildman–Crippen LogP) is 1.37. The lowest BCUT2D eigenvalue weighted by Gasteiger charge is -2.09. The molecule has 9 heteroatoms. The third-order valence-corrected chi connectivity index (χ3v) is 3.90. The van der Waals surface area contributed by atoms with Crippen molar-refractivity contribution in [2.24, 2.45) is 5.10 Å². The Hall–Kier alpha value is -3.88. The van der Waals surface area contributed by atoms with Crippen molar-refractivity contribution in [3.05, 3.63) is 59.7 Å². The summed E-state index contributed by atoms with van der Waals surface area (Å²) in [5.41, 5.74) is 3.68. The average Bonchev–Trinajstić information content (AvgIpc) is 2.76. The third-order valence-electron chi connectivity index (χ3n) is 3.90. The van der Waals surface area contributed by atoms with E-state index >= 15 is 0 Å². The van der Waals surface area contributed by atoms with Gasteiger partial charge in [0.2, 0.25) is 0 Å². The fourth-order valence-electron chi connectivity index (χ4n) is 2.38. The molecule has 2 rings (SSSR count). The molecular weight excluding hydrogens is 400 g/mol. The summed E-state index contributed by atoms with van der Waals surface area (Å²) >= 11 is 0. The third kappa shape index (κ3) is 8.57. The molecule has 0 atom stereocenters. The van der Waals surface area contributed by atoms with Crippen molar-refractivity contribution in [1.29, 1.82) is 0 Å². The SMILES string of the molecule is COc1ccc(CNC(=O)C(=O)N/N=C\c2ccc(OCC(=O)NC(C)C)cc2)cc1. The Kier molecular flexibility index (Phi) is 9.03. The summed E-state index contributed by atoms with van der Waals surface area (Å²) in [4.78, 5) is 35.2. The molecule has 0 aliphatic carbocycles. The van der Waals surface area contributed by atoms with Gasteiger partial charge in [0.05, 0.1) is 13.3 Å². The van der Waals surface area contributed by atoms with Crippen LogP contribution >= 0.6 is 0 Å². The van der Waals surface area contributed by atoms with Gasteiger partial charge >= 0.3 is 11.8 Å². The highest BCUT2D eigenvalue weighted by Crippen LogP contribution is 2.11. The first-order valence-electron chi connectivity index (χ1n) is 9.63. The van der Waals surface area contributed by atoms with Gasteiger partial charge in [0, 0.05) is 12.6 Å². The maximum absolute atomic E-state index is 11.8. The molecule has 2 aromatic carbocycles. The fourth-order valence-corrected chi connectivity index (χ4v) is 2.38. The molecule has 164 valence electrons. The highest BCUT2D eigenvalue weighted by molar-refractivity contribution is 6.35. The number of carbonyl (C=O) groups excluding carboxylic acids is 3. The van der Waals surface area contributed by atoms with Gasteiger partial charge < -0.3 is 20.1 Å². The van der Waals surface area contributed by atoms with E-state index in [1.54, 1.807) is 55.6 Å². The number of hydrazone groups is 1. The second kappa shape index (κ2) is 12.0. The summed E-state index contributed by atoms with van der Waals surface area (Å²) in [6.45, 7) is 3.87. The van der Waals surface area contributed by atoms with Crippen LogP contribution in [0.25, 0.3) is 0 Å². The summed E-state index contributed by atoms with van der Waals surface area (Å²) in [5.74, 6) is -0.637. The van der Waals surface area contributed by atoms with E-state index in [-0.39, 0.29) is 25.1 Å². The van der Waals surface area contributed by atoms with Gasteiger partial charge in [-0.2, -0.15) is 5.10 Å². The Bertz CT molecular complexity index is 909. The predicted molar refractivity (Wildman–Crippen MR) is 116 cm³/mol. The molecule has 0 aromatic heterocycles. The molecule has 0 unspecified atom stereocenters. The quantitative estimate of drug-likeness (QED) is 0.318. The molecule has 0 aliphatic heterocycles. The minimum Gasteiger partial charge on any atom is -0.497 e. The van der Waals surface area contributed by atoms with Crippen LogP contribution in [0.5, 0.6) is 11.5 Å². The molecule has 0 heterocycles. The van der Waals surface area contributed by atoms with Crippen LogP contribution in [0.1, 0.15) is 25.0 Å². The van der Waals surface area contributed by atoms with Crippen LogP contribution in [0.4, 0.5) is 0 Å². The van der Waals surface area contributed by atoms with Crippen molar-refractivity contribution in [1.82, 2.24) is 16.1 Å². The highest BCUT2D eigenvalue weighted by atomic mass is 16.5. The molecule has 31 heavy (non-hydrogen) atoms. The lowest BCUT2D eigenvalue weighted by molar-refractivity contribution is -0.139. The molecule has 0 spiro atoms. The molecule has 3 N–H and O–H groups in total. The first-order chi connectivity index (χ1) is 14.9. The monoisotopic (exact) mass is 426 g/mol. The van der Waals surface area contributed by atoms with Crippen LogP contribution in [0.3, 0.4) is 0 Å². The van der Waals surface area contributed by atoms with Crippen molar-refractivity contribution in [3.8, 4) is 11.5 Å². The van der Waals surface area contributed by atoms with Crippen LogP contribution in [0, 0.1) is 0 Å². The normalized spacial score (nSPS) is 10.6. The van der Waals surface area contributed by atoms with Gasteiger partial charge in [-0.1, -0.05) is 12.1 Å². The van der Waals surface area contributed by atoms with Gasteiger partial charge in [0.15, 0.2) is 6.61 Å². The van der Waals surface area contributed by atoms with Crippen molar-refractivity contribution in [3.63, 3.8) is 0 Å². The molecule has 0 radical (unpaired) electrons. The van der Waals surface area contributed by atoms with Crippen molar-refractivity contribution < 1.29 is 23.9 Å². The smallest absolute Gasteiger partial charge is 0.329 e. The number of benzene rings is 2. The molecule has 9 nitrogen and oxygen atoms in total. The maximum Gasteiger partial charge on any atom is 0.329 e. The van der Waals surface area contributed by atoms with E-state index in [2.05, 4.69) is 21.2 Å². The van der Waals surface area contributed by atoms with Crippen LogP contribution in [0.2, 0.25) is 0 Å². The summed E-state index contributed by atoms with van der Waals surface area (Å²) < 4.78 is 10.5. The van der Waals surface area contributed by atoms with Crippen LogP contribution in [0.15, 0.2) is 53.6 Å². The second-order valence-corrected chi connectivity index (χ2v) is 6.81. The molecule has 0 fully saturated rings. The number of amides is 3. The molecule has 0 bridgehead atoms. The summed E-state index contributed by atoms with van der Waals surface area (Å²) in [6.07, 6.45) is 1.39. The Balaban J connectivity index is 1.74. The molecule has 0 aliphatic rings. The van der Waals surface area contributed by atoms with Gasteiger partial charge in [0.25, 0.3) is 5.91 Å². The molecule has 2 aromatic rings. The first kappa shape index (κ1) is 23.4. The summed E-state index contributed by atoms with van der Waals surface area (Å²) in [6, 6.07) is 13.9. The van der Waals surface area contributed by atoms with Crippen molar-refractivity contribution in [2.45, 2.75) is 26.4 Å². The zero-order chi connectivity index (χ0) is 22.6. The maximum atomic E-state index is 11.8. The Morgan fingerprint density at radius 2 is 1.61 bits per heavy atom. The van der Waals surface area contributed by atoms with E-state index in [0.29, 0.717) is 17.1 Å². The van der Waals surface area contributed by atoms with E-state index in [4.69, 9.17) is 9.47 Å². The zero-order valence-corrected chi connectivity index (χ0v) is 17.7. The van der Waals surface area contributed by atoms with Gasteiger partial charge in [-0.15, -0.1) is 0 Å². The summed E-state index contributed by atoms with van der Waals surface area (Å²) in [7, 11) is 1.57. The van der Waals surface area contributed by atoms with E-state index in [9.17, 15) is 14.4 Å². The number of ether oxygens (including phenoxy) is 2. The standard InChI is InChI=1S/C22H26N4O5/c1-15(2)25-20(27)14-31-19-10-6-17(7-11-19)13-24-26-22(29)21(28)23-12-16-4-8-18(30-3)9-5-16/h4-11,13,15H,12,14H2,1-3H3,(H,23,28)(H,25,27)(H,26,29)/b24-13-. The average molecular weight is 426 g/mol. The fraction of sp³-hybridized carbons (Fsp3) is 0.273. The Morgan fingerprint density at radius 1 is 0.968 bits per heavy atom. The van der Waals surface area contributed by atoms with E-state index in [1.165, 1.54) is 6.21 Å². The Morgan fingerprint density at radius 3 is 2.23 bits per heavy atom. The van der Waals surface area contributed by atoms with E-state index in [0.717, 1.165) is 5.56 Å². The van der Waals surface area contributed by atoms with Crippen LogP contribution in [-0.2, 0) is 20.9 Å². The highest BCUT2D eigenvalue weighted by Gasteiger charge is 2.12. The molecule has 0 saturated heterocycles. The minimum atomic E-state index is -0.874. The molecule has 3 amide bonds. The topological polar surface area (TPSA) is 118 Å². The van der Waals surface area contributed by atoms with Gasteiger partial charge in [-0.25, -0.2) is 5.43 Å². The summed E-state index contributed by atoms with van der Waals surface area (Å²) in [5, 5.41) is 9.01. The number of hydrogen-bond acceptors (Lipinski definition) is 6. The first-order valence-corrected chi connectivity index (χ1v) is 9.63. The van der Waals surface area contributed by atoms with Gasteiger partial charge in [0.1, 0.15) is 11.5 Å². The number of methoxy groups -OCH3 is 1. The van der Waals surface area contributed by atoms with Crippen LogP contribution < -0.4 is 25.5 Å². The van der Waals surface area contributed by atoms with E-state index in [1.807, 2.05) is 13.8 Å². The number of nitrogens with one attached hydrogen (secondary N) is 3. The molecule has 0 saturated carbocycles. The number of rotatable bonds is 9. The largest absolute Gasteiger partial charge is 0.497 e. The zero-order valence-electron chi connectivity index (χ0n) is 17.7.